The Labute approximate surface area is 386 Å². The van der Waals surface area contributed by atoms with Gasteiger partial charge in [0.25, 0.3) is 0 Å². The maximum atomic E-state index is 15.1. The summed E-state index contributed by atoms with van der Waals surface area (Å²) in [6, 6.07) is 8.02. The summed E-state index contributed by atoms with van der Waals surface area (Å²) < 4.78 is 146. The molecule has 0 aromatic heterocycles. The minimum absolute atomic E-state index is 0.0306. The van der Waals surface area contributed by atoms with Gasteiger partial charge in [-0.25, -0.2) is 0 Å². The zero-order valence-electron chi connectivity index (χ0n) is 41.3. The Hall–Kier alpha value is -0.720. The summed E-state index contributed by atoms with van der Waals surface area (Å²) in [5, 5.41) is 0.199. The standard InChI is InChI=1S/C44H78O12P4S4/c1-17-57(13,18-2,19-3)53-61(45,46)39-33-40(62(47,48)54-58(14,20-4,21-5)22-6)36-31-32-38-42(64(51,52)56-60(16,26-10,27-11)28-12)34-41(37-30-29-35(39)43(36)44(37)38)63(49,50)55-59(15,23-7,24-8)25-9/h29-34H,17-28H2,1-16H3. The molecule has 4 rings (SSSR count). The molecule has 0 bridgehead atoms. The van der Waals surface area contributed by atoms with Crippen molar-refractivity contribution < 1.29 is 49.6 Å². The van der Waals surface area contributed by atoms with Crippen LogP contribution in [0.4, 0.5) is 0 Å². The molecule has 64 heavy (non-hydrogen) atoms. The van der Waals surface area contributed by atoms with Crippen LogP contribution >= 0.6 is 27.3 Å². The Morgan fingerprint density at radius 2 is 0.453 bits per heavy atom. The summed E-state index contributed by atoms with van der Waals surface area (Å²) in [5.41, 5.74) is 0. The van der Waals surface area contributed by atoms with Gasteiger partial charge in [-0.15, -0.1) is 0 Å². The van der Waals surface area contributed by atoms with E-state index in [4.69, 9.17) is 15.9 Å². The summed E-state index contributed by atoms with van der Waals surface area (Å²) in [7, 11) is -19.1. The number of hydrogen-bond donors (Lipinski definition) is 0. The molecule has 0 saturated carbocycles. The first kappa shape index (κ1) is 55.9. The molecule has 4 aromatic carbocycles. The predicted octanol–water partition coefficient (Wildman–Crippen LogP) is 12.0. The Balaban J connectivity index is 2.44. The van der Waals surface area contributed by atoms with Crippen molar-refractivity contribution in [2.45, 2.75) is 103 Å². The molecule has 0 amide bonds. The number of rotatable bonds is 24. The molecule has 0 aliphatic heterocycles. The molecule has 0 aliphatic carbocycles. The zero-order chi connectivity index (χ0) is 49.1. The minimum atomic E-state index is -4.78. The van der Waals surface area contributed by atoms with E-state index in [1.807, 2.05) is 110 Å². The fourth-order valence-electron chi connectivity index (χ4n) is 8.39. The van der Waals surface area contributed by atoms with Crippen LogP contribution < -0.4 is 0 Å². The second kappa shape index (κ2) is 17.6. The van der Waals surface area contributed by atoms with Gasteiger partial charge in [-0.05, 0) is 0 Å². The summed E-state index contributed by atoms with van der Waals surface area (Å²) in [6.45, 7) is 16.3. The van der Waals surface area contributed by atoms with Gasteiger partial charge in [0.05, 0.1) is 0 Å². The van der Waals surface area contributed by atoms with Gasteiger partial charge in [0.15, 0.2) is 0 Å². The monoisotopic (exact) mass is 1050 g/mol. The van der Waals surface area contributed by atoms with E-state index in [-0.39, 0.29) is 32.3 Å². The van der Waals surface area contributed by atoms with E-state index in [1.54, 1.807) is 0 Å². The third-order valence-corrected chi connectivity index (χ3v) is 52.4. The molecule has 0 radical (unpaired) electrons. The first-order chi connectivity index (χ1) is 29.2. The quantitative estimate of drug-likeness (QED) is 0.0481. The summed E-state index contributed by atoms with van der Waals surface area (Å²) in [4.78, 5) is -1.79. The second-order valence-corrected chi connectivity index (χ2v) is 52.4. The third-order valence-electron chi connectivity index (χ3n) is 16.9. The van der Waals surface area contributed by atoms with Crippen molar-refractivity contribution in [2.24, 2.45) is 0 Å². The zero-order valence-corrected chi connectivity index (χ0v) is 48.1. The van der Waals surface area contributed by atoms with Crippen molar-refractivity contribution in [2.75, 3.05) is 101 Å². The van der Waals surface area contributed by atoms with Gasteiger partial charge < -0.3 is 0 Å². The van der Waals surface area contributed by atoms with Crippen molar-refractivity contribution in [3.63, 3.8) is 0 Å². The van der Waals surface area contributed by atoms with Gasteiger partial charge in [-0.1, -0.05) is 0 Å². The molecule has 0 N–H and O–H groups in total. The van der Waals surface area contributed by atoms with Gasteiger partial charge >= 0.3 is 389 Å². The van der Waals surface area contributed by atoms with E-state index in [2.05, 4.69) is 0 Å². The van der Waals surface area contributed by atoms with Crippen LogP contribution in [0.2, 0.25) is 0 Å². The van der Waals surface area contributed by atoms with E-state index < -0.39 is 87.4 Å². The van der Waals surface area contributed by atoms with Crippen LogP contribution in [0.3, 0.4) is 0 Å². The van der Waals surface area contributed by atoms with Gasteiger partial charge in [-0.2, -0.15) is 0 Å². The number of hydrogen-bond acceptors (Lipinski definition) is 12. The van der Waals surface area contributed by atoms with E-state index in [0.717, 1.165) is 12.1 Å². The maximum absolute atomic E-state index is 15.1. The Morgan fingerprint density at radius 1 is 0.312 bits per heavy atom. The van der Waals surface area contributed by atoms with E-state index in [9.17, 15) is 0 Å². The van der Waals surface area contributed by atoms with Gasteiger partial charge in [0.2, 0.25) is 0 Å². The number of benzene rings is 4. The molecule has 0 spiro atoms. The normalized spacial score (nSPS) is 16.8. The third kappa shape index (κ3) is 9.48. The Morgan fingerprint density at radius 3 is 0.578 bits per heavy atom. The molecule has 20 heteroatoms. The van der Waals surface area contributed by atoms with Crippen molar-refractivity contribution in [1.29, 1.82) is 0 Å². The van der Waals surface area contributed by atoms with Crippen LogP contribution in [0, 0.1) is 0 Å². The summed E-state index contributed by atoms with van der Waals surface area (Å²) >= 11 is 0. The first-order valence-electron chi connectivity index (χ1n) is 22.8. The van der Waals surface area contributed by atoms with Gasteiger partial charge in [0, 0.05) is 0 Å². The second-order valence-electron chi connectivity index (χ2n) is 19.5. The molecule has 0 atom stereocenters. The van der Waals surface area contributed by atoms with Crippen LogP contribution in [0.15, 0.2) is 56.0 Å². The summed E-state index contributed by atoms with van der Waals surface area (Å²) in [6.07, 6.45) is 5.17. The van der Waals surface area contributed by atoms with Crippen molar-refractivity contribution in [3.8, 4) is 0 Å². The van der Waals surface area contributed by atoms with Crippen LogP contribution in [-0.4, -0.2) is 134 Å². The Kier molecular flexibility index (Phi) is 15.4. The van der Waals surface area contributed by atoms with Crippen LogP contribution in [0.5, 0.6) is 0 Å². The van der Waals surface area contributed by atoms with Gasteiger partial charge in [0.1, 0.15) is 0 Å². The molecule has 0 unspecified atom stereocenters. The van der Waals surface area contributed by atoms with Crippen LogP contribution in [0.1, 0.15) is 83.1 Å². The first-order valence-corrected chi connectivity index (χ1v) is 41.1. The topological polar surface area (TPSA) is 173 Å². The average molecular weight is 1050 g/mol. The molecule has 370 valence electrons. The van der Waals surface area contributed by atoms with E-state index >= 15 is 33.7 Å². The fourth-order valence-corrected chi connectivity index (χ4v) is 32.9. The van der Waals surface area contributed by atoms with Crippen LogP contribution in [-0.2, 0) is 56.4 Å². The Bertz CT molecular complexity index is 2470. The van der Waals surface area contributed by atoms with Crippen molar-refractivity contribution in [3.05, 3.63) is 36.4 Å². The molecular weight excluding hydrogens is 973 g/mol. The van der Waals surface area contributed by atoms with E-state index in [1.165, 1.54) is 24.3 Å². The summed E-state index contributed by atoms with van der Waals surface area (Å²) in [5.74, 6) is 0. The average Bonchev–Trinajstić information content (AvgIpc) is 3.27. The van der Waals surface area contributed by atoms with Gasteiger partial charge in [-0.3, -0.25) is 0 Å². The molecular formula is C44H78O12P4S4. The molecule has 0 saturated heterocycles. The molecule has 0 aliphatic rings. The SMILES string of the molecule is CCP(C)(CC)(CC)OS(=O)(=O)c1cc(S(=O)(=O)OP(C)(CC)(CC)CC)c2ccc3c(S(=O)(=O)OP(C)(CC)(CC)CC)cc(S(=O)(=O)OP(C)(CC)(CC)CC)c4ccc1c2c43. The molecule has 0 fully saturated rings. The van der Waals surface area contributed by atoms with Crippen LogP contribution in [0.25, 0.3) is 32.3 Å². The van der Waals surface area contributed by atoms with Crippen molar-refractivity contribution >= 4 is 100 Å². The molecule has 0 heterocycles. The van der Waals surface area contributed by atoms with E-state index in [0.29, 0.717) is 73.9 Å². The molecule has 12 nitrogen and oxygen atoms in total. The fraction of sp³-hybridized carbons (Fsp3) is 0.636. The molecule has 4 aromatic rings. The van der Waals surface area contributed by atoms with Crippen molar-refractivity contribution in [1.82, 2.24) is 0 Å². The predicted molar refractivity (Wildman–Crippen MR) is 281 cm³/mol.